The Bertz CT molecular complexity index is 966. The summed E-state index contributed by atoms with van der Waals surface area (Å²) in [6, 6.07) is 5.69. The van der Waals surface area contributed by atoms with Gasteiger partial charge in [-0.2, -0.15) is 0 Å². The summed E-state index contributed by atoms with van der Waals surface area (Å²) in [6.45, 7) is 12.1. The van der Waals surface area contributed by atoms with Gasteiger partial charge in [0.15, 0.2) is 17.3 Å². The van der Waals surface area contributed by atoms with Crippen LogP contribution < -0.4 is 5.32 Å². The molecule has 3 aromatic rings. The molecule has 0 aromatic carbocycles. The number of aromatic amines is 1. The van der Waals surface area contributed by atoms with E-state index in [0.29, 0.717) is 11.3 Å². The molecule has 0 fully saturated rings. The molecule has 138 valence electrons. The Morgan fingerprint density at radius 1 is 1.12 bits per heavy atom. The zero-order chi connectivity index (χ0) is 19.3. The predicted molar refractivity (Wildman–Crippen MR) is 105 cm³/mol. The number of fused-ring (bicyclic) bond motifs is 1. The van der Waals surface area contributed by atoms with E-state index in [4.69, 9.17) is 0 Å². The summed E-state index contributed by atoms with van der Waals surface area (Å²) < 4.78 is 2.02. The molecule has 26 heavy (non-hydrogen) atoms. The summed E-state index contributed by atoms with van der Waals surface area (Å²) >= 11 is 0. The molecule has 0 aliphatic carbocycles. The van der Waals surface area contributed by atoms with Gasteiger partial charge < -0.3 is 14.9 Å². The number of hydrogen-bond donors (Lipinski definition) is 2. The summed E-state index contributed by atoms with van der Waals surface area (Å²) in [7, 11) is 1.98. The summed E-state index contributed by atoms with van der Waals surface area (Å²) in [5.41, 5.74) is 3.33. The smallest absolute Gasteiger partial charge is 0.186 e. The molecule has 0 amide bonds. The van der Waals surface area contributed by atoms with E-state index < -0.39 is 5.41 Å². The Labute approximate surface area is 154 Å². The van der Waals surface area contributed by atoms with Crippen LogP contribution in [0, 0.1) is 5.41 Å². The predicted octanol–water partition coefficient (Wildman–Crippen LogP) is 4.40. The average molecular weight is 353 g/mol. The van der Waals surface area contributed by atoms with Crippen molar-refractivity contribution in [3.8, 4) is 11.5 Å². The standard InChI is InChI=1S/C20H27N5O/c1-19(2,3)16(26)13-8-9-14-17(21-13)23-18(22-14)15-10-12(11-25(15)7)24-20(4,5)6/h8-11,24H,1-7H3,(H,21,22,23). The summed E-state index contributed by atoms with van der Waals surface area (Å²) in [5.74, 6) is 0.747. The van der Waals surface area contributed by atoms with E-state index in [1.807, 2.05) is 44.6 Å². The minimum atomic E-state index is -0.467. The number of nitrogens with zero attached hydrogens (tertiary/aromatic N) is 3. The number of rotatable bonds is 3. The van der Waals surface area contributed by atoms with Crippen molar-refractivity contribution in [3.63, 3.8) is 0 Å². The lowest BCUT2D eigenvalue weighted by atomic mass is 9.89. The molecule has 6 heteroatoms. The van der Waals surface area contributed by atoms with Crippen LogP contribution in [0.3, 0.4) is 0 Å². The normalized spacial score (nSPS) is 12.6. The Morgan fingerprint density at radius 2 is 1.81 bits per heavy atom. The SMILES string of the molecule is Cn1cc(NC(C)(C)C)cc1-c1nc2nc(C(=O)C(C)(C)C)ccc2[nH]1. The van der Waals surface area contributed by atoms with Gasteiger partial charge in [0.25, 0.3) is 0 Å². The topological polar surface area (TPSA) is 75.6 Å². The highest BCUT2D eigenvalue weighted by atomic mass is 16.1. The maximum Gasteiger partial charge on any atom is 0.186 e. The first-order valence-electron chi connectivity index (χ1n) is 8.80. The minimum absolute atomic E-state index is 0.0134. The van der Waals surface area contributed by atoms with Gasteiger partial charge in [-0.25, -0.2) is 9.97 Å². The number of pyridine rings is 1. The Hall–Kier alpha value is -2.63. The zero-order valence-electron chi connectivity index (χ0n) is 16.6. The lowest BCUT2D eigenvalue weighted by Gasteiger charge is -2.20. The van der Waals surface area contributed by atoms with Crippen LogP contribution >= 0.6 is 0 Å². The van der Waals surface area contributed by atoms with Gasteiger partial charge in [0.1, 0.15) is 5.69 Å². The molecule has 3 heterocycles. The number of nitrogens with one attached hydrogen (secondary N) is 2. The highest BCUT2D eigenvalue weighted by Crippen LogP contribution is 2.26. The van der Waals surface area contributed by atoms with E-state index in [1.54, 1.807) is 6.07 Å². The molecule has 0 saturated heterocycles. The Kier molecular flexibility index (Phi) is 4.17. The molecule has 0 aliphatic heterocycles. The third kappa shape index (κ3) is 3.64. The maximum absolute atomic E-state index is 12.5. The van der Waals surface area contributed by atoms with Gasteiger partial charge in [-0.15, -0.1) is 0 Å². The van der Waals surface area contributed by atoms with E-state index in [-0.39, 0.29) is 11.3 Å². The molecule has 6 nitrogen and oxygen atoms in total. The van der Waals surface area contributed by atoms with Gasteiger partial charge in [0.05, 0.1) is 16.9 Å². The Balaban J connectivity index is 1.99. The number of imidazole rings is 1. The molecule has 2 N–H and O–H groups in total. The molecule has 0 atom stereocenters. The fourth-order valence-corrected chi connectivity index (χ4v) is 2.83. The second-order valence-corrected chi connectivity index (χ2v) is 8.83. The van der Waals surface area contributed by atoms with Crippen molar-refractivity contribution in [2.24, 2.45) is 12.5 Å². The van der Waals surface area contributed by atoms with Crippen molar-refractivity contribution in [3.05, 3.63) is 30.1 Å². The monoisotopic (exact) mass is 353 g/mol. The number of ketones is 1. The van der Waals surface area contributed by atoms with E-state index in [9.17, 15) is 4.79 Å². The third-order valence-electron chi connectivity index (χ3n) is 4.03. The van der Waals surface area contributed by atoms with Crippen molar-refractivity contribution in [2.45, 2.75) is 47.1 Å². The quantitative estimate of drug-likeness (QED) is 0.684. The first kappa shape index (κ1) is 18.2. The lowest BCUT2D eigenvalue weighted by Crippen LogP contribution is -2.25. The van der Waals surface area contributed by atoms with Crippen LogP contribution in [0.25, 0.3) is 22.7 Å². The third-order valence-corrected chi connectivity index (χ3v) is 4.03. The van der Waals surface area contributed by atoms with Crippen molar-refractivity contribution >= 4 is 22.6 Å². The molecule has 3 rings (SSSR count). The van der Waals surface area contributed by atoms with Gasteiger partial charge in [-0.1, -0.05) is 20.8 Å². The van der Waals surface area contributed by atoms with E-state index in [2.05, 4.69) is 47.1 Å². The lowest BCUT2D eigenvalue weighted by molar-refractivity contribution is 0.0853. The van der Waals surface area contributed by atoms with Crippen molar-refractivity contribution in [2.75, 3.05) is 5.32 Å². The molecule has 0 aliphatic rings. The van der Waals surface area contributed by atoms with Crippen LogP contribution in [0.4, 0.5) is 5.69 Å². The minimum Gasteiger partial charge on any atom is -0.379 e. The largest absolute Gasteiger partial charge is 0.379 e. The molecule has 0 spiro atoms. The second-order valence-electron chi connectivity index (χ2n) is 8.83. The first-order valence-corrected chi connectivity index (χ1v) is 8.80. The number of Topliss-reactive ketones (excluding diaryl/α,β-unsaturated/α-hetero) is 1. The molecule has 0 bridgehead atoms. The average Bonchev–Trinajstić information content (AvgIpc) is 3.05. The number of aryl methyl sites for hydroxylation is 1. The van der Waals surface area contributed by atoms with Gasteiger partial charge >= 0.3 is 0 Å². The van der Waals surface area contributed by atoms with Gasteiger partial charge in [-0.05, 0) is 39.0 Å². The van der Waals surface area contributed by atoms with Crippen molar-refractivity contribution in [1.29, 1.82) is 0 Å². The van der Waals surface area contributed by atoms with Crippen LogP contribution in [-0.2, 0) is 7.05 Å². The number of H-pyrrole nitrogens is 1. The number of anilines is 1. The second kappa shape index (κ2) is 5.97. The van der Waals surface area contributed by atoms with Gasteiger partial charge in [0.2, 0.25) is 0 Å². The molecule has 0 unspecified atom stereocenters. The zero-order valence-corrected chi connectivity index (χ0v) is 16.6. The fourth-order valence-electron chi connectivity index (χ4n) is 2.83. The van der Waals surface area contributed by atoms with Crippen molar-refractivity contribution in [1.82, 2.24) is 19.5 Å². The van der Waals surface area contributed by atoms with Gasteiger partial charge in [0, 0.05) is 24.2 Å². The van der Waals surface area contributed by atoms with E-state index >= 15 is 0 Å². The highest BCUT2D eigenvalue weighted by molar-refractivity contribution is 5.99. The van der Waals surface area contributed by atoms with Crippen LogP contribution in [0.1, 0.15) is 52.0 Å². The molecular weight excluding hydrogens is 326 g/mol. The first-order chi connectivity index (χ1) is 11.9. The van der Waals surface area contributed by atoms with Gasteiger partial charge in [-0.3, -0.25) is 4.79 Å². The summed E-state index contributed by atoms with van der Waals surface area (Å²) in [4.78, 5) is 24.8. The number of carbonyl (C=O) groups excluding carboxylic acids is 1. The summed E-state index contributed by atoms with van der Waals surface area (Å²) in [5, 5.41) is 3.46. The Morgan fingerprint density at radius 3 is 2.42 bits per heavy atom. The van der Waals surface area contributed by atoms with E-state index in [1.165, 1.54) is 0 Å². The maximum atomic E-state index is 12.5. The van der Waals surface area contributed by atoms with Crippen LogP contribution in [0.15, 0.2) is 24.4 Å². The molecule has 0 saturated carbocycles. The van der Waals surface area contributed by atoms with E-state index in [0.717, 1.165) is 22.7 Å². The van der Waals surface area contributed by atoms with Crippen LogP contribution in [-0.4, -0.2) is 30.8 Å². The molecule has 3 aromatic heterocycles. The van der Waals surface area contributed by atoms with Crippen LogP contribution in [0.5, 0.6) is 0 Å². The number of aromatic nitrogens is 4. The fraction of sp³-hybridized carbons (Fsp3) is 0.450. The molecular formula is C20H27N5O. The van der Waals surface area contributed by atoms with Crippen molar-refractivity contribution < 1.29 is 4.79 Å². The summed E-state index contributed by atoms with van der Waals surface area (Å²) in [6.07, 6.45) is 2.04. The van der Waals surface area contributed by atoms with Crippen LogP contribution in [0.2, 0.25) is 0 Å². The highest BCUT2D eigenvalue weighted by Gasteiger charge is 2.24. The molecule has 0 radical (unpaired) electrons. The number of hydrogen-bond acceptors (Lipinski definition) is 4. The number of carbonyl (C=O) groups is 1.